The molecule has 30 heavy (non-hydrogen) atoms. The number of hydrogen-bond donors (Lipinski definition) is 0. The monoisotopic (exact) mass is 428 g/mol. The van der Waals surface area contributed by atoms with Gasteiger partial charge in [0.2, 0.25) is 15.9 Å². The lowest BCUT2D eigenvalue weighted by Gasteiger charge is -2.33. The van der Waals surface area contributed by atoms with Crippen molar-refractivity contribution < 1.29 is 22.7 Å². The number of ether oxygens (including phenoxy) is 2. The van der Waals surface area contributed by atoms with E-state index in [1.165, 1.54) is 16.4 Å². The summed E-state index contributed by atoms with van der Waals surface area (Å²) in [6.07, 6.45) is 4.05. The van der Waals surface area contributed by atoms with Gasteiger partial charge in [-0.1, -0.05) is 30.3 Å². The highest BCUT2D eigenvalue weighted by atomic mass is 32.2. The fourth-order valence-corrected chi connectivity index (χ4v) is 4.88. The molecular weight excluding hydrogens is 404 g/mol. The minimum atomic E-state index is -3.67. The van der Waals surface area contributed by atoms with Gasteiger partial charge in [-0.3, -0.25) is 4.79 Å². The molecule has 2 aromatic carbocycles. The molecular formula is C22H24N2O5S. The Kier molecular flexibility index (Phi) is 6.06. The summed E-state index contributed by atoms with van der Waals surface area (Å²) in [4.78, 5) is 14.3. The number of sulfonamides is 1. The molecule has 0 bridgehead atoms. The van der Waals surface area contributed by atoms with Crippen LogP contribution in [0.3, 0.4) is 0 Å². The van der Waals surface area contributed by atoms with Crippen molar-refractivity contribution in [2.75, 3.05) is 39.4 Å². The van der Waals surface area contributed by atoms with Crippen LogP contribution in [0.15, 0.2) is 59.5 Å². The Balaban J connectivity index is 1.40. The second-order valence-corrected chi connectivity index (χ2v) is 9.07. The minimum Gasteiger partial charge on any atom is -0.490 e. The Morgan fingerprint density at radius 2 is 1.60 bits per heavy atom. The van der Waals surface area contributed by atoms with Gasteiger partial charge in [0.15, 0.2) is 11.5 Å². The molecule has 0 atom stereocenters. The maximum atomic E-state index is 13.1. The molecule has 8 heteroatoms. The van der Waals surface area contributed by atoms with Crippen LogP contribution in [-0.2, 0) is 14.8 Å². The van der Waals surface area contributed by atoms with Gasteiger partial charge in [0, 0.05) is 44.7 Å². The molecule has 7 nitrogen and oxygen atoms in total. The van der Waals surface area contributed by atoms with Gasteiger partial charge >= 0.3 is 0 Å². The van der Waals surface area contributed by atoms with E-state index in [2.05, 4.69) is 0 Å². The largest absolute Gasteiger partial charge is 0.490 e. The quantitative estimate of drug-likeness (QED) is 0.699. The van der Waals surface area contributed by atoms with Crippen LogP contribution in [0, 0.1) is 0 Å². The van der Waals surface area contributed by atoms with Crippen LogP contribution >= 0.6 is 0 Å². The van der Waals surface area contributed by atoms with Crippen LogP contribution in [0.1, 0.15) is 12.0 Å². The van der Waals surface area contributed by atoms with Gasteiger partial charge in [0.1, 0.15) is 0 Å². The van der Waals surface area contributed by atoms with E-state index in [1.807, 2.05) is 30.3 Å². The van der Waals surface area contributed by atoms with E-state index < -0.39 is 10.0 Å². The van der Waals surface area contributed by atoms with Gasteiger partial charge in [0.25, 0.3) is 0 Å². The van der Waals surface area contributed by atoms with Crippen molar-refractivity contribution in [1.29, 1.82) is 0 Å². The van der Waals surface area contributed by atoms with Crippen molar-refractivity contribution in [3.05, 3.63) is 60.2 Å². The molecule has 2 heterocycles. The van der Waals surface area contributed by atoms with Crippen LogP contribution in [0.5, 0.6) is 11.5 Å². The third kappa shape index (κ3) is 4.49. The average molecular weight is 429 g/mol. The highest BCUT2D eigenvalue weighted by Gasteiger charge is 2.30. The Morgan fingerprint density at radius 1 is 0.900 bits per heavy atom. The highest BCUT2D eigenvalue weighted by Crippen LogP contribution is 2.33. The van der Waals surface area contributed by atoms with E-state index in [1.54, 1.807) is 23.1 Å². The van der Waals surface area contributed by atoms with Crippen molar-refractivity contribution in [3.63, 3.8) is 0 Å². The molecule has 2 aliphatic heterocycles. The number of rotatable bonds is 4. The number of fused-ring (bicyclic) bond motifs is 1. The van der Waals surface area contributed by atoms with E-state index >= 15 is 0 Å². The molecule has 0 saturated carbocycles. The Morgan fingerprint density at radius 3 is 2.33 bits per heavy atom. The first kappa shape index (κ1) is 20.4. The predicted octanol–water partition coefficient (Wildman–Crippen LogP) is 2.39. The van der Waals surface area contributed by atoms with Crippen molar-refractivity contribution in [1.82, 2.24) is 9.21 Å². The maximum absolute atomic E-state index is 13.1. The number of piperazine rings is 1. The van der Waals surface area contributed by atoms with Crippen molar-refractivity contribution in [2.24, 2.45) is 0 Å². The molecule has 158 valence electrons. The lowest BCUT2D eigenvalue weighted by atomic mass is 10.2. The van der Waals surface area contributed by atoms with Crippen LogP contribution in [-0.4, -0.2) is 62.9 Å². The lowest BCUT2D eigenvalue weighted by molar-refractivity contribution is -0.127. The second-order valence-electron chi connectivity index (χ2n) is 7.13. The Bertz CT molecular complexity index is 1030. The fourth-order valence-electron chi connectivity index (χ4n) is 3.44. The molecule has 0 N–H and O–H groups in total. The van der Waals surface area contributed by atoms with Crippen molar-refractivity contribution in [2.45, 2.75) is 11.3 Å². The number of amides is 1. The predicted molar refractivity (Wildman–Crippen MR) is 113 cm³/mol. The zero-order valence-corrected chi connectivity index (χ0v) is 17.4. The highest BCUT2D eigenvalue weighted by molar-refractivity contribution is 7.89. The molecule has 1 amide bonds. The smallest absolute Gasteiger partial charge is 0.246 e. The molecule has 1 fully saturated rings. The van der Waals surface area contributed by atoms with Gasteiger partial charge in [-0.15, -0.1) is 0 Å². The summed E-state index contributed by atoms with van der Waals surface area (Å²) in [5, 5.41) is 0. The summed E-state index contributed by atoms with van der Waals surface area (Å²) in [5.74, 6) is 0.895. The van der Waals surface area contributed by atoms with Gasteiger partial charge in [-0.25, -0.2) is 8.42 Å². The molecule has 0 unspecified atom stereocenters. The fraction of sp³-hybridized carbons (Fsp3) is 0.318. The van der Waals surface area contributed by atoms with Gasteiger partial charge < -0.3 is 14.4 Å². The summed E-state index contributed by atoms with van der Waals surface area (Å²) >= 11 is 0. The number of carbonyl (C=O) groups is 1. The van der Waals surface area contributed by atoms with E-state index in [4.69, 9.17) is 9.47 Å². The average Bonchev–Trinajstić information content (AvgIpc) is 3.03. The molecule has 0 aliphatic carbocycles. The van der Waals surface area contributed by atoms with E-state index in [0.717, 1.165) is 12.0 Å². The Hall–Kier alpha value is -2.84. The molecule has 4 rings (SSSR count). The van der Waals surface area contributed by atoms with Crippen molar-refractivity contribution in [3.8, 4) is 11.5 Å². The summed E-state index contributed by atoms with van der Waals surface area (Å²) in [6.45, 7) is 2.24. The molecule has 0 radical (unpaired) electrons. The third-order valence-corrected chi connectivity index (χ3v) is 7.02. The van der Waals surface area contributed by atoms with Crippen LogP contribution < -0.4 is 9.47 Å². The number of carbonyl (C=O) groups excluding carboxylic acids is 1. The number of benzene rings is 2. The zero-order chi connectivity index (χ0) is 21.0. The summed E-state index contributed by atoms with van der Waals surface area (Å²) in [5.41, 5.74) is 0.946. The molecule has 1 saturated heterocycles. The standard InChI is InChI=1S/C22H24N2O5S/c25-22(10-7-18-5-2-1-3-6-18)23-11-13-24(14-12-23)30(26,27)19-8-9-20-21(17-19)29-16-4-15-28-20/h1-3,5-10,17H,4,11-16H2. The normalized spacial score (nSPS) is 17.7. The SMILES string of the molecule is O=C(C=Cc1ccccc1)N1CCN(S(=O)(=O)c2ccc3c(c2)OCCCO3)CC1. The Labute approximate surface area is 176 Å². The molecule has 2 aromatic rings. The zero-order valence-electron chi connectivity index (χ0n) is 16.6. The molecule has 0 aromatic heterocycles. The molecule has 0 spiro atoms. The van der Waals surface area contributed by atoms with E-state index in [9.17, 15) is 13.2 Å². The van der Waals surface area contributed by atoms with Gasteiger partial charge in [0.05, 0.1) is 18.1 Å². The first-order valence-corrected chi connectivity index (χ1v) is 11.4. The van der Waals surface area contributed by atoms with Crippen LogP contribution in [0.25, 0.3) is 6.08 Å². The number of nitrogens with zero attached hydrogens (tertiary/aromatic N) is 2. The van der Waals surface area contributed by atoms with Gasteiger partial charge in [-0.2, -0.15) is 4.31 Å². The van der Waals surface area contributed by atoms with Gasteiger partial charge in [-0.05, 0) is 23.8 Å². The summed E-state index contributed by atoms with van der Waals surface area (Å²) in [6, 6.07) is 14.3. The number of hydrogen-bond acceptors (Lipinski definition) is 5. The minimum absolute atomic E-state index is 0.119. The second kappa shape index (κ2) is 8.89. The lowest BCUT2D eigenvalue weighted by Crippen LogP contribution is -2.50. The maximum Gasteiger partial charge on any atom is 0.246 e. The molecule has 2 aliphatic rings. The van der Waals surface area contributed by atoms with Crippen LogP contribution in [0.4, 0.5) is 0 Å². The summed E-state index contributed by atoms with van der Waals surface area (Å²) < 4.78 is 38.7. The topological polar surface area (TPSA) is 76.2 Å². The van der Waals surface area contributed by atoms with Crippen molar-refractivity contribution >= 4 is 22.0 Å². The van der Waals surface area contributed by atoms with E-state index in [-0.39, 0.29) is 23.9 Å². The van der Waals surface area contributed by atoms with Crippen LogP contribution in [0.2, 0.25) is 0 Å². The summed E-state index contributed by atoms with van der Waals surface area (Å²) in [7, 11) is -3.67. The first-order chi connectivity index (χ1) is 14.5. The first-order valence-electron chi connectivity index (χ1n) is 9.96. The van der Waals surface area contributed by atoms with E-state index in [0.29, 0.717) is 37.8 Å². The third-order valence-electron chi connectivity index (χ3n) is 5.13.